The molecule has 0 aliphatic carbocycles. The van der Waals surface area contributed by atoms with Gasteiger partial charge in [-0.25, -0.2) is 13.4 Å². The van der Waals surface area contributed by atoms with E-state index in [1.807, 2.05) is 19.1 Å². The third kappa shape index (κ3) is 5.10. The van der Waals surface area contributed by atoms with Crippen molar-refractivity contribution in [3.8, 4) is 5.75 Å². The number of likely N-dealkylation sites (N-methyl/N-ethyl adjacent to an activating group) is 1. The van der Waals surface area contributed by atoms with Crippen LogP contribution in [0.1, 0.15) is 32.3 Å². The van der Waals surface area contributed by atoms with Gasteiger partial charge in [-0.05, 0) is 55.9 Å². The van der Waals surface area contributed by atoms with Crippen molar-refractivity contribution in [3.05, 3.63) is 35.2 Å². The second-order valence-corrected chi connectivity index (χ2v) is 12.5. The van der Waals surface area contributed by atoms with Crippen LogP contribution in [0.25, 0.3) is 10.2 Å². The van der Waals surface area contributed by atoms with Gasteiger partial charge in [0, 0.05) is 19.6 Å². The molecule has 1 fully saturated rings. The highest BCUT2D eigenvalue weighted by Gasteiger charge is 2.42. The molecule has 1 aromatic carbocycles. The third-order valence-corrected chi connectivity index (χ3v) is 11.0. The molecule has 0 bridgehead atoms. The van der Waals surface area contributed by atoms with Crippen molar-refractivity contribution in [2.24, 2.45) is 0 Å². The number of carbonyl (C=O) groups excluding carboxylic acids is 1. The van der Waals surface area contributed by atoms with Gasteiger partial charge < -0.3 is 9.64 Å². The van der Waals surface area contributed by atoms with Crippen LogP contribution in [-0.4, -0.2) is 74.4 Å². The quantitative estimate of drug-likeness (QED) is 0.386. The zero-order valence-electron chi connectivity index (χ0n) is 20.6. The maximum Gasteiger partial charge on any atom is 0.253 e. The van der Waals surface area contributed by atoms with E-state index in [2.05, 4.69) is 18.7 Å². The largest absolute Gasteiger partial charge is 0.494 e. The Morgan fingerprint density at radius 3 is 2.66 bits per heavy atom. The molecule has 0 N–H and O–H groups in total. The summed E-state index contributed by atoms with van der Waals surface area (Å²) >= 11 is 2.63. The summed E-state index contributed by atoms with van der Waals surface area (Å²) in [5.41, 5.74) is 1.78. The number of sulfonamides is 1. The molecule has 4 rings (SSSR count). The van der Waals surface area contributed by atoms with Gasteiger partial charge in [-0.2, -0.15) is 4.31 Å². The molecule has 0 spiro atoms. The molecule has 0 saturated carbocycles. The monoisotopic (exact) mass is 536 g/mol. The Balaban J connectivity index is 1.72. The number of aryl methyl sites for hydroxylation is 1. The molecule has 1 saturated heterocycles. The highest BCUT2D eigenvalue weighted by Crippen LogP contribution is 2.38. The van der Waals surface area contributed by atoms with Crippen LogP contribution in [0.5, 0.6) is 5.75 Å². The Morgan fingerprint density at radius 1 is 1.23 bits per heavy atom. The molecule has 3 aromatic rings. The van der Waals surface area contributed by atoms with Crippen LogP contribution in [0.15, 0.2) is 33.9 Å². The van der Waals surface area contributed by atoms with E-state index in [0.717, 1.165) is 28.9 Å². The van der Waals surface area contributed by atoms with Crippen molar-refractivity contribution in [3.63, 3.8) is 0 Å². The zero-order valence-corrected chi connectivity index (χ0v) is 23.0. The number of aromatic nitrogens is 1. The number of thiophene rings is 1. The molecule has 1 amide bonds. The van der Waals surface area contributed by atoms with Crippen LogP contribution in [0.2, 0.25) is 0 Å². The Labute approximate surface area is 215 Å². The van der Waals surface area contributed by atoms with Gasteiger partial charge in [0.2, 0.25) is 5.91 Å². The number of anilines is 1. The molecule has 8 nitrogen and oxygen atoms in total. The maximum atomic E-state index is 14.0. The van der Waals surface area contributed by atoms with Crippen molar-refractivity contribution >= 4 is 54.0 Å². The molecule has 1 unspecified atom stereocenters. The summed E-state index contributed by atoms with van der Waals surface area (Å²) in [6.07, 6.45) is 1.15. The summed E-state index contributed by atoms with van der Waals surface area (Å²) in [6, 6.07) is 6.44. The highest BCUT2D eigenvalue weighted by atomic mass is 32.2. The average Bonchev–Trinajstić information content (AvgIpc) is 3.62. The number of ether oxygens (including phenoxy) is 1. The molecule has 11 heteroatoms. The number of carbonyl (C=O) groups is 1. The average molecular weight is 537 g/mol. The Hall–Kier alpha value is -2.05. The molecular weight excluding hydrogens is 504 g/mol. The van der Waals surface area contributed by atoms with E-state index >= 15 is 0 Å². The first kappa shape index (κ1) is 26.0. The van der Waals surface area contributed by atoms with Gasteiger partial charge in [0.15, 0.2) is 5.13 Å². The summed E-state index contributed by atoms with van der Waals surface area (Å²) in [7, 11) is -2.12. The number of hydrogen-bond donors (Lipinski definition) is 0. The van der Waals surface area contributed by atoms with Gasteiger partial charge in [-0.15, -0.1) is 11.3 Å². The molecule has 190 valence electrons. The van der Waals surface area contributed by atoms with Crippen LogP contribution in [0.3, 0.4) is 0 Å². The van der Waals surface area contributed by atoms with Crippen molar-refractivity contribution in [2.75, 3.05) is 44.7 Å². The van der Waals surface area contributed by atoms with Gasteiger partial charge in [0.1, 0.15) is 21.5 Å². The molecule has 1 atom stereocenters. The predicted molar refractivity (Wildman–Crippen MR) is 142 cm³/mol. The third-order valence-electron chi connectivity index (χ3n) is 6.49. The van der Waals surface area contributed by atoms with Crippen LogP contribution in [-0.2, 0) is 14.8 Å². The van der Waals surface area contributed by atoms with Crippen molar-refractivity contribution in [1.82, 2.24) is 14.2 Å². The summed E-state index contributed by atoms with van der Waals surface area (Å²) in [4.78, 5) is 22.8. The fourth-order valence-corrected chi connectivity index (χ4v) is 8.29. The van der Waals surface area contributed by atoms with Crippen molar-refractivity contribution in [2.45, 2.75) is 43.9 Å². The Kier molecular flexibility index (Phi) is 8.12. The SMILES string of the molecule is CCN(CC)CCN(C(=O)C1CCCN1S(=O)(=O)c1cccs1)c1nc2c(OC)ccc(C)c2s1. The van der Waals surface area contributed by atoms with E-state index in [1.54, 1.807) is 29.5 Å². The molecule has 35 heavy (non-hydrogen) atoms. The number of hydrogen-bond acceptors (Lipinski definition) is 8. The molecule has 1 aliphatic heterocycles. The fraction of sp³-hybridized carbons (Fsp3) is 0.500. The van der Waals surface area contributed by atoms with E-state index in [4.69, 9.17) is 9.72 Å². The highest BCUT2D eigenvalue weighted by molar-refractivity contribution is 7.91. The normalized spacial score (nSPS) is 16.9. The number of fused-ring (bicyclic) bond motifs is 1. The van der Waals surface area contributed by atoms with Gasteiger partial charge in [-0.3, -0.25) is 9.69 Å². The summed E-state index contributed by atoms with van der Waals surface area (Å²) in [6.45, 7) is 9.38. The lowest BCUT2D eigenvalue weighted by molar-refractivity contribution is -0.121. The Morgan fingerprint density at radius 2 is 2.00 bits per heavy atom. The van der Waals surface area contributed by atoms with Crippen LogP contribution < -0.4 is 9.64 Å². The standard InChI is InChI=1S/C24H32N4O4S3/c1-5-26(6-2)14-15-27(24-25-21-19(32-4)12-11-17(3)22(21)34-24)23(29)18-9-7-13-28(18)35(30,31)20-10-8-16-33-20/h8,10-12,16,18H,5-7,9,13-15H2,1-4H3. The van der Waals surface area contributed by atoms with Crippen LogP contribution in [0, 0.1) is 6.92 Å². The summed E-state index contributed by atoms with van der Waals surface area (Å²) in [5.74, 6) is 0.442. The second kappa shape index (κ2) is 10.9. The predicted octanol–water partition coefficient (Wildman–Crippen LogP) is 4.20. The smallest absolute Gasteiger partial charge is 0.253 e. The topological polar surface area (TPSA) is 83.0 Å². The fourth-order valence-electron chi connectivity index (χ4n) is 4.44. The molecular formula is C24H32N4O4S3. The second-order valence-electron chi connectivity index (χ2n) is 8.48. The van der Waals surface area contributed by atoms with E-state index in [9.17, 15) is 13.2 Å². The number of thiazole rings is 1. The van der Waals surface area contributed by atoms with Crippen LogP contribution in [0.4, 0.5) is 5.13 Å². The molecule has 0 radical (unpaired) electrons. The maximum absolute atomic E-state index is 14.0. The lowest BCUT2D eigenvalue weighted by Gasteiger charge is -2.29. The molecule has 1 aliphatic rings. The van der Waals surface area contributed by atoms with E-state index in [-0.39, 0.29) is 10.1 Å². The van der Waals surface area contributed by atoms with E-state index in [1.165, 1.54) is 27.0 Å². The van der Waals surface area contributed by atoms with Gasteiger partial charge in [0.05, 0.1) is 11.8 Å². The number of benzene rings is 1. The number of amides is 1. The first-order chi connectivity index (χ1) is 16.8. The number of nitrogens with zero attached hydrogens (tertiary/aromatic N) is 4. The van der Waals surface area contributed by atoms with Gasteiger partial charge in [0.25, 0.3) is 10.0 Å². The number of rotatable bonds is 10. The summed E-state index contributed by atoms with van der Waals surface area (Å²) < 4.78 is 34.8. The lowest BCUT2D eigenvalue weighted by Crippen LogP contribution is -2.49. The van der Waals surface area contributed by atoms with Crippen LogP contribution >= 0.6 is 22.7 Å². The Bertz CT molecular complexity index is 1270. The van der Waals surface area contributed by atoms with E-state index in [0.29, 0.717) is 43.4 Å². The minimum absolute atomic E-state index is 0.217. The first-order valence-electron chi connectivity index (χ1n) is 11.8. The minimum Gasteiger partial charge on any atom is -0.494 e. The van der Waals surface area contributed by atoms with Gasteiger partial charge in [-0.1, -0.05) is 37.3 Å². The summed E-state index contributed by atoms with van der Waals surface area (Å²) in [5, 5.41) is 2.32. The van der Waals surface area contributed by atoms with Crippen molar-refractivity contribution < 1.29 is 17.9 Å². The first-order valence-corrected chi connectivity index (χ1v) is 15.0. The van der Waals surface area contributed by atoms with E-state index < -0.39 is 16.1 Å². The zero-order chi connectivity index (χ0) is 25.2. The van der Waals surface area contributed by atoms with Gasteiger partial charge >= 0.3 is 0 Å². The minimum atomic E-state index is -3.73. The number of methoxy groups -OCH3 is 1. The molecule has 3 heterocycles. The molecule has 2 aromatic heterocycles. The lowest BCUT2D eigenvalue weighted by atomic mass is 10.2. The van der Waals surface area contributed by atoms with Crippen molar-refractivity contribution in [1.29, 1.82) is 0 Å².